The Morgan fingerprint density at radius 3 is 0.846 bits per heavy atom. The van der Waals surface area contributed by atoms with Gasteiger partial charge in [-0.1, -0.05) is 181 Å². The number of hydrogen-bond acceptors (Lipinski definition) is 1. The molecule has 0 amide bonds. The standard InChI is InChI=1S/C38H71N/c1-4-6-8-10-12-14-16-18-20-22-24-26-28-30-32-37-34-36(3)35-38(39-37)33-31-29-27-25-23-21-19-17-15-13-11-9-7-5-2/h34-35H,4-33H2,1-3H3. The molecule has 39 heavy (non-hydrogen) atoms. The van der Waals surface area contributed by atoms with Crippen molar-refractivity contribution in [1.82, 2.24) is 4.98 Å². The number of nitrogens with zero attached hydrogens (tertiary/aromatic N) is 1. The van der Waals surface area contributed by atoms with Crippen LogP contribution in [0.2, 0.25) is 0 Å². The second-order valence-corrected chi connectivity index (χ2v) is 12.8. The van der Waals surface area contributed by atoms with Crippen LogP contribution >= 0.6 is 0 Å². The van der Waals surface area contributed by atoms with Crippen molar-refractivity contribution in [3.63, 3.8) is 0 Å². The molecule has 1 aromatic rings. The monoisotopic (exact) mass is 542 g/mol. The summed E-state index contributed by atoms with van der Waals surface area (Å²) in [6.45, 7) is 6.86. The van der Waals surface area contributed by atoms with Gasteiger partial charge < -0.3 is 0 Å². The van der Waals surface area contributed by atoms with Crippen LogP contribution in [0.3, 0.4) is 0 Å². The van der Waals surface area contributed by atoms with E-state index in [9.17, 15) is 0 Å². The van der Waals surface area contributed by atoms with E-state index in [1.807, 2.05) is 0 Å². The Morgan fingerprint density at radius 1 is 0.359 bits per heavy atom. The zero-order chi connectivity index (χ0) is 28.1. The maximum Gasteiger partial charge on any atom is 0.0409 e. The lowest BCUT2D eigenvalue weighted by atomic mass is 10.0. The maximum atomic E-state index is 5.03. The number of aromatic nitrogens is 1. The summed E-state index contributed by atoms with van der Waals surface area (Å²) in [6.07, 6.45) is 42.4. The molecule has 0 aliphatic heterocycles. The smallest absolute Gasteiger partial charge is 0.0409 e. The molecule has 1 rings (SSSR count). The average Bonchev–Trinajstić information content (AvgIpc) is 2.93. The van der Waals surface area contributed by atoms with Gasteiger partial charge in [-0.2, -0.15) is 0 Å². The molecule has 0 spiro atoms. The Hall–Kier alpha value is -0.850. The first kappa shape index (κ1) is 36.2. The molecule has 0 fully saturated rings. The van der Waals surface area contributed by atoms with Crippen LogP contribution in [0.25, 0.3) is 0 Å². The van der Waals surface area contributed by atoms with Crippen molar-refractivity contribution in [2.24, 2.45) is 0 Å². The first-order valence-corrected chi connectivity index (χ1v) is 18.2. The fourth-order valence-corrected chi connectivity index (χ4v) is 6.07. The van der Waals surface area contributed by atoms with E-state index in [0.29, 0.717) is 0 Å². The second kappa shape index (κ2) is 28.7. The number of aryl methyl sites for hydroxylation is 3. The van der Waals surface area contributed by atoms with Crippen LogP contribution in [0.15, 0.2) is 12.1 Å². The second-order valence-electron chi connectivity index (χ2n) is 12.8. The Morgan fingerprint density at radius 2 is 0.590 bits per heavy atom. The lowest BCUT2D eigenvalue weighted by molar-refractivity contribution is 0.534. The van der Waals surface area contributed by atoms with E-state index >= 15 is 0 Å². The molecule has 1 heterocycles. The lowest BCUT2D eigenvalue weighted by Crippen LogP contribution is -1.98. The number of unbranched alkanes of at least 4 members (excludes halogenated alkanes) is 26. The topological polar surface area (TPSA) is 12.9 Å². The third kappa shape index (κ3) is 24.7. The van der Waals surface area contributed by atoms with Crippen LogP contribution in [-0.4, -0.2) is 4.98 Å². The van der Waals surface area contributed by atoms with Gasteiger partial charge in [0.2, 0.25) is 0 Å². The SMILES string of the molecule is CCCCCCCCCCCCCCCCc1cc(C)cc(CCCCCCCCCCCCCCCC)n1. The highest BCUT2D eigenvalue weighted by atomic mass is 14.7. The molecule has 0 saturated carbocycles. The van der Waals surface area contributed by atoms with Crippen molar-refractivity contribution < 1.29 is 0 Å². The van der Waals surface area contributed by atoms with Crippen LogP contribution in [0.5, 0.6) is 0 Å². The van der Waals surface area contributed by atoms with Crippen molar-refractivity contribution in [1.29, 1.82) is 0 Å². The molecule has 0 atom stereocenters. The Kier molecular flexibility index (Phi) is 26.6. The van der Waals surface area contributed by atoms with Gasteiger partial charge in [-0.3, -0.25) is 4.98 Å². The van der Waals surface area contributed by atoms with Crippen LogP contribution < -0.4 is 0 Å². The molecule has 0 bridgehead atoms. The number of hydrogen-bond donors (Lipinski definition) is 0. The quantitative estimate of drug-likeness (QED) is 0.0882. The highest BCUT2D eigenvalue weighted by molar-refractivity contribution is 5.20. The normalized spacial score (nSPS) is 11.5. The summed E-state index contributed by atoms with van der Waals surface area (Å²) >= 11 is 0. The molecule has 0 aliphatic carbocycles. The predicted octanol–water partition coefficient (Wildman–Crippen LogP) is 13.4. The third-order valence-electron chi connectivity index (χ3n) is 8.65. The van der Waals surface area contributed by atoms with Crippen molar-refractivity contribution in [2.75, 3.05) is 0 Å². The van der Waals surface area contributed by atoms with E-state index in [1.165, 1.54) is 210 Å². The molecular weight excluding hydrogens is 470 g/mol. The Labute approximate surface area is 247 Å². The largest absolute Gasteiger partial charge is 0.258 e. The van der Waals surface area contributed by atoms with Gasteiger partial charge in [-0.25, -0.2) is 0 Å². The Balaban J connectivity index is 1.95. The molecule has 0 saturated heterocycles. The first-order chi connectivity index (χ1) is 19.3. The fourth-order valence-electron chi connectivity index (χ4n) is 6.07. The molecule has 0 aromatic carbocycles. The molecule has 1 aromatic heterocycles. The first-order valence-electron chi connectivity index (χ1n) is 18.2. The average molecular weight is 542 g/mol. The molecule has 0 radical (unpaired) electrons. The summed E-state index contributed by atoms with van der Waals surface area (Å²) in [4.78, 5) is 5.03. The molecule has 0 aliphatic rings. The van der Waals surface area contributed by atoms with E-state index in [1.54, 1.807) is 0 Å². The van der Waals surface area contributed by atoms with Gasteiger partial charge in [0, 0.05) is 11.4 Å². The van der Waals surface area contributed by atoms with Crippen LogP contribution in [0, 0.1) is 6.92 Å². The Bertz CT molecular complexity index is 571. The van der Waals surface area contributed by atoms with Gasteiger partial charge in [-0.15, -0.1) is 0 Å². The fraction of sp³-hybridized carbons (Fsp3) is 0.868. The highest BCUT2D eigenvalue weighted by Crippen LogP contribution is 2.17. The summed E-state index contributed by atoms with van der Waals surface area (Å²) in [5, 5.41) is 0. The van der Waals surface area contributed by atoms with Crippen LogP contribution in [0.1, 0.15) is 211 Å². The van der Waals surface area contributed by atoms with Gasteiger partial charge >= 0.3 is 0 Å². The van der Waals surface area contributed by atoms with E-state index in [0.717, 1.165) is 0 Å². The summed E-state index contributed by atoms with van der Waals surface area (Å²) in [6, 6.07) is 4.66. The number of rotatable bonds is 30. The molecule has 1 heteroatoms. The zero-order valence-corrected chi connectivity index (χ0v) is 27.3. The van der Waals surface area contributed by atoms with Crippen LogP contribution in [-0.2, 0) is 12.8 Å². The van der Waals surface area contributed by atoms with Crippen molar-refractivity contribution >= 4 is 0 Å². The van der Waals surface area contributed by atoms with Crippen molar-refractivity contribution in [3.8, 4) is 0 Å². The van der Waals surface area contributed by atoms with Gasteiger partial charge in [0.25, 0.3) is 0 Å². The minimum atomic E-state index is 1.17. The predicted molar refractivity (Wildman–Crippen MR) is 177 cm³/mol. The van der Waals surface area contributed by atoms with Gasteiger partial charge in [-0.05, 0) is 50.3 Å². The zero-order valence-electron chi connectivity index (χ0n) is 27.3. The molecule has 228 valence electrons. The molecule has 0 N–H and O–H groups in total. The van der Waals surface area contributed by atoms with Gasteiger partial charge in [0.15, 0.2) is 0 Å². The minimum absolute atomic E-state index is 1.17. The summed E-state index contributed by atoms with van der Waals surface area (Å²) in [5.74, 6) is 0. The minimum Gasteiger partial charge on any atom is -0.258 e. The maximum absolute atomic E-state index is 5.03. The molecular formula is C38H71N. The van der Waals surface area contributed by atoms with Gasteiger partial charge in [0.05, 0.1) is 0 Å². The van der Waals surface area contributed by atoms with Crippen molar-refractivity contribution in [2.45, 2.75) is 213 Å². The summed E-state index contributed by atoms with van der Waals surface area (Å²) in [7, 11) is 0. The molecule has 0 unspecified atom stereocenters. The van der Waals surface area contributed by atoms with E-state index in [2.05, 4.69) is 32.9 Å². The van der Waals surface area contributed by atoms with E-state index < -0.39 is 0 Å². The summed E-state index contributed by atoms with van der Waals surface area (Å²) in [5.41, 5.74) is 4.09. The third-order valence-corrected chi connectivity index (χ3v) is 8.65. The lowest BCUT2D eigenvalue weighted by Gasteiger charge is -2.08. The van der Waals surface area contributed by atoms with E-state index in [-0.39, 0.29) is 0 Å². The van der Waals surface area contributed by atoms with E-state index in [4.69, 9.17) is 4.98 Å². The van der Waals surface area contributed by atoms with Gasteiger partial charge in [0.1, 0.15) is 0 Å². The number of pyridine rings is 1. The van der Waals surface area contributed by atoms with Crippen LogP contribution in [0.4, 0.5) is 0 Å². The summed E-state index contributed by atoms with van der Waals surface area (Å²) < 4.78 is 0. The van der Waals surface area contributed by atoms with Crippen molar-refractivity contribution in [3.05, 3.63) is 29.1 Å². The molecule has 1 nitrogen and oxygen atoms in total. The highest BCUT2D eigenvalue weighted by Gasteiger charge is 2.03.